The molecule has 0 aromatic carbocycles. The average Bonchev–Trinajstić information content (AvgIpc) is 3.44. The lowest BCUT2D eigenvalue weighted by Gasteiger charge is -2.18. The van der Waals surface area contributed by atoms with E-state index in [-0.39, 0.29) is 37.5 Å². The van der Waals surface area contributed by atoms with Crippen LogP contribution in [0.25, 0.3) is 0 Å². The molecule has 1 unspecified atom stereocenters. The van der Waals surface area contributed by atoms with Crippen LogP contribution in [0.15, 0.2) is 158 Å². The van der Waals surface area contributed by atoms with Crippen molar-refractivity contribution in [3.05, 3.63) is 158 Å². The van der Waals surface area contributed by atoms with E-state index in [2.05, 4.69) is 179 Å². The summed E-state index contributed by atoms with van der Waals surface area (Å²) in [6.45, 7) is 6.33. The summed E-state index contributed by atoms with van der Waals surface area (Å²) in [6.07, 6.45) is 93.9. The van der Waals surface area contributed by atoms with Gasteiger partial charge in [-0.05, 0) is 141 Å². The Morgan fingerprint density at radius 3 is 0.859 bits per heavy atom. The summed E-state index contributed by atoms with van der Waals surface area (Å²) in [4.78, 5) is 38.3. The van der Waals surface area contributed by atoms with E-state index in [9.17, 15) is 14.4 Å². The van der Waals surface area contributed by atoms with Crippen molar-refractivity contribution in [3.63, 3.8) is 0 Å². The lowest BCUT2D eigenvalue weighted by atomic mass is 10.1. The number of hydrogen-bond donors (Lipinski definition) is 0. The molecule has 6 heteroatoms. The van der Waals surface area contributed by atoms with Gasteiger partial charge in [-0.3, -0.25) is 14.4 Å². The van der Waals surface area contributed by atoms with Crippen LogP contribution in [0.5, 0.6) is 0 Å². The Morgan fingerprint density at radius 2 is 0.513 bits per heavy atom. The molecule has 0 rings (SSSR count). The van der Waals surface area contributed by atoms with E-state index in [1.807, 2.05) is 0 Å². The number of carbonyl (C=O) groups is 3. The van der Waals surface area contributed by atoms with Crippen molar-refractivity contribution in [2.75, 3.05) is 13.2 Å². The number of hydrogen-bond acceptors (Lipinski definition) is 6. The van der Waals surface area contributed by atoms with Crippen LogP contribution in [-0.2, 0) is 28.6 Å². The van der Waals surface area contributed by atoms with Crippen LogP contribution in [0.3, 0.4) is 0 Å². The Morgan fingerprint density at radius 1 is 0.269 bits per heavy atom. The van der Waals surface area contributed by atoms with Crippen LogP contribution in [0.1, 0.15) is 258 Å². The highest BCUT2D eigenvalue weighted by Crippen LogP contribution is 2.14. The molecule has 0 aliphatic heterocycles. The molecule has 0 N–H and O–H groups in total. The van der Waals surface area contributed by atoms with Crippen LogP contribution in [0.2, 0.25) is 0 Å². The van der Waals surface area contributed by atoms with E-state index in [0.29, 0.717) is 19.3 Å². The molecule has 0 aromatic rings. The summed E-state index contributed by atoms with van der Waals surface area (Å²) in [7, 11) is 0. The van der Waals surface area contributed by atoms with E-state index in [4.69, 9.17) is 14.2 Å². The predicted molar refractivity (Wildman–Crippen MR) is 338 cm³/mol. The molecule has 0 aromatic heterocycles. The first-order chi connectivity index (χ1) is 38.5. The smallest absolute Gasteiger partial charge is 0.306 e. The molecule has 6 nitrogen and oxygen atoms in total. The van der Waals surface area contributed by atoms with Crippen molar-refractivity contribution in [2.24, 2.45) is 0 Å². The highest BCUT2D eigenvalue weighted by atomic mass is 16.6. The zero-order valence-electron chi connectivity index (χ0n) is 50.1. The first-order valence-electron chi connectivity index (χ1n) is 31.5. The van der Waals surface area contributed by atoms with Gasteiger partial charge < -0.3 is 14.2 Å². The maximum Gasteiger partial charge on any atom is 0.306 e. The molecule has 0 radical (unpaired) electrons. The fraction of sp³-hybridized carbons (Fsp3) is 0.597. The molecular weight excluding hydrogens is 961 g/mol. The molecule has 0 aliphatic rings. The van der Waals surface area contributed by atoms with Crippen LogP contribution in [0.4, 0.5) is 0 Å². The summed E-state index contributed by atoms with van der Waals surface area (Å²) in [6, 6.07) is 0. The molecule has 1 atom stereocenters. The van der Waals surface area contributed by atoms with Gasteiger partial charge in [-0.1, -0.05) is 256 Å². The monoisotopic (exact) mass is 1070 g/mol. The van der Waals surface area contributed by atoms with Crippen molar-refractivity contribution in [3.8, 4) is 0 Å². The quantitative estimate of drug-likeness (QED) is 0.0261. The summed E-state index contributed by atoms with van der Waals surface area (Å²) in [5.41, 5.74) is 0. The third-order valence-corrected chi connectivity index (χ3v) is 12.7. The van der Waals surface area contributed by atoms with Crippen molar-refractivity contribution < 1.29 is 28.6 Å². The summed E-state index contributed by atoms with van der Waals surface area (Å²) in [5.74, 6) is -1.02. The normalized spacial score (nSPS) is 13.2. The Balaban J connectivity index is 4.55. The van der Waals surface area contributed by atoms with Gasteiger partial charge in [0.05, 0.1) is 0 Å². The molecule has 0 fully saturated rings. The van der Waals surface area contributed by atoms with Crippen molar-refractivity contribution in [1.29, 1.82) is 0 Å². The van der Waals surface area contributed by atoms with Crippen LogP contribution >= 0.6 is 0 Å². The molecule has 0 heterocycles. The average molecular weight is 1080 g/mol. The largest absolute Gasteiger partial charge is 0.462 e. The number of allylic oxidation sites excluding steroid dienone is 26. The molecule has 0 saturated heterocycles. The van der Waals surface area contributed by atoms with Gasteiger partial charge in [0.2, 0.25) is 0 Å². The second-order valence-electron chi connectivity index (χ2n) is 20.2. The highest BCUT2D eigenvalue weighted by Gasteiger charge is 2.19. The summed E-state index contributed by atoms with van der Waals surface area (Å²) < 4.78 is 16.8. The van der Waals surface area contributed by atoms with Gasteiger partial charge in [-0.25, -0.2) is 0 Å². The highest BCUT2D eigenvalue weighted by molar-refractivity contribution is 5.71. The number of rotatable bonds is 55. The topological polar surface area (TPSA) is 78.9 Å². The number of carbonyl (C=O) groups excluding carboxylic acids is 3. The third kappa shape index (κ3) is 61.9. The molecule has 78 heavy (non-hydrogen) atoms. The van der Waals surface area contributed by atoms with Gasteiger partial charge in [0.15, 0.2) is 6.10 Å². The van der Waals surface area contributed by atoms with Crippen molar-refractivity contribution in [2.45, 2.75) is 264 Å². The van der Waals surface area contributed by atoms with Gasteiger partial charge >= 0.3 is 17.9 Å². The minimum atomic E-state index is -0.827. The van der Waals surface area contributed by atoms with Gasteiger partial charge in [-0.15, -0.1) is 0 Å². The summed E-state index contributed by atoms with van der Waals surface area (Å²) in [5, 5.41) is 0. The Hall–Kier alpha value is -4.97. The van der Waals surface area contributed by atoms with Crippen LogP contribution in [0, 0.1) is 0 Å². The minimum Gasteiger partial charge on any atom is -0.462 e. The first-order valence-corrected chi connectivity index (χ1v) is 31.5. The van der Waals surface area contributed by atoms with Gasteiger partial charge in [0.1, 0.15) is 13.2 Å². The van der Waals surface area contributed by atoms with E-state index in [0.717, 1.165) is 128 Å². The molecule has 0 bridgehead atoms. The predicted octanol–water partition coefficient (Wildman–Crippen LogP) is 21.7. The molecule has 0 spiro atoms. The van der Waals surface area contributed by atoms with Gasteiger partial charge in [0, 0.05) is 19.3 Å². The zero-order chi connectivity index (χ0) is 56.4. The maximum absolute atomic E-state index is 12.9. The molecule has 0 aliphatic carbocycles. The van der Waals surface area contributed by atoms with Crippen LogP contribution in [-0.4, -0.2) is 37.2 Å². The minimum absolute atomic E-state index is 0.121. The molecular formula is C72H114O6. The standard InChI is InChI=1S/C72H114O6/c1-4-7-10-13-16-19-22-25-28-31-33-34-35-36-37-38-39-42-44-47-50-53-56-59-62-65-71(74)77-68-69(67-76-70(73)64-61-58-55-52-49-46-43-40-30-27-24-21-18-15-12-9-6-3)78-72(75)66-63-60-57-54-51-48-45-41-32-29-26-23-20-17-14-11-8-5-2/h7,9-10,12,16,18-19,21,25,27-30,32-34,36-37,39,42-43,46-47,50,52,55,69H,4-6,8,11,13-15,17,20,22-24,26,31,35,38,40-41,44-45,48-49,51,53-54,56-68H2,1-3H3/b10-7-,12-9-,19-16-,21-18-,28-25-,30-27-,32-29-,34-33-,37-36-,42-39-,46-43-,50-47-,55-52-. The maximum atomic E-state index is 12.9. The molecule has 438 valence electrons. The number of unbranched alkanes of at least 4 members (excludes halogenated alkanes) is 18. The Kier molecular flexibility index (Phi) is 60.4. The fourth-order valence-corrected chi connectivity index (χ4v) is 8.10. The number of esters is 3. The van der Waals surface area contributed by atoms with E-state index >= 15 is 0 Å². The first kappa shape index (κ1) is 73.0. The molecule has 0 saturated carbocycles. The van der Waals surface area contributed by atoms with E-state index < -0.39 is 6.10 Å². The van der Waals surface area contributed by atoms with Crippen molar-refractivity contribution >= 4 is 17.9 Å². The second-order valence-corrected chi connectivity index (χ2v) is 20.2. The second kappa shape index (κ2) is 64.6. The molecule has 0 amide bonds. The zero-order valence-corrected chi connectivity index (χ0v) is 50.1. The lowest BCUT2D eigenvalue weighted by molar-refractivity contribution is -0.167. The Bertz CT molecular complexity index is 1760. The SMILES string of the molecule is CC/C=C\C/C=C\C/C=C\C/C=C\C/C=C\C/C=C\C/C=C\CCCCCC(=O)OCC(COC(=O)CCC/C=C\C/C=C\C/C=C\C/C=C\C/C=C\CC)OC(=O)CCCCCCCCC/C=C\CCCCCCCCC. The van der Waals surface area contributed by atoms with Gasteiger partial charge in [0.25, 0.3) is 0 Å². The van der Waals surface area contributed by atoms with Crippen LogP contribution < -0.4 is 0 Å². The van der Waals surface area contributed by atoms with E-state index in [1.54, 1.807) is 0 Å². The fourth-order valence-electron chi connectivity index (χ4n) is 8.10. The summed E-state index contributed by atoms with van der Waals surface area (Å²) >= 11 is 0. The lowest BCUT2D eigenvalue weighted by Crippen LogP contribution is -2.30. The number of ether oxygens (including phenoxy) is 3. The Labute approximate surface area is 480 Å². The third-order valence-electron chi connectivity index (χ3n) is 12.7. The van der Waals surface area contributed by atoms with Gasteiger partial charge in [-0.2, -0.15) is 0 Å². The van der Waals surface area contributed by atoms with Crippen molar-refractivity contribution in [1.82, 2.24) is 0 Å². The van der Waals surface area contributed by atoms with E-state index in [1.165, 1.54) is 83.5 Å².